The van der Waals surface area contributed by atoms with Crippen LogP contribution in [0.4, 0.5) is 5.69 Å². The van der Waals surface area contributed by atoms with Crippen LogP contribution in [0.3, 0.4) is 0 Å². The average molecular weight is 436 g/mol. The molecular formula is C19H15Cl2N3O3S. The van der Waals surface area contributed by atoms with E-state index in [1.807, 2.05) is 0 Å². The molecule has 3 rings (SSSR count). The Balaban J connectivity index is 1.94. The fraction of sp³-hybridized carbons (Fsp3) is 0.105. The SMILES string of the molecule is CC(=O)Cc1cc(-c2cnc(Cl)c(NS(=O)(=O)c3ccc(Cl)cc3)c2)ccn1. The van der Waals surface area contributed by atoms with Crippen LogP contribution in [0, 0.1) is 0 Å². The number of aromatic nitrogens is 2. The summed E-state index contributed by atoms with van der Waals surface area (Å²) in [5.74, 6) is -0.00436. The minimum Gasteiger partial charge on any atom is -0.300 e. The molecule has 0 amide bonds. The van der Waals surface area contributed by atoms with Crippen molar-refractivity contribution in [3.05, 3.63) is 70.7 Å². The molecule has 0 aliphatic heterocycles. The number of carbonyl (C=O) groups excluding carboxylic acids is 1. The highest BCUT2D eigenvalue weighted by molar-refractivity contribution is 7.92. The van der Waals surface area contributed by atoms with Crippen LogP contribution in [0.1, 0.15) is 12.6 Å². The first-order valence-electron chi connectivity index (χ1n) is 8.13. The lowest BCUT2D eigenvalue weighted by atomic mass is 10.1. The van der Waals surface area contributed by atoms with Gasteiger partial charge in [0.05, 0.1) is 10.6 Å². The molecule has 0 bridgehead atoms. The zero-order valence-electron chi connectivity index (χ0n) is 14.7. The first-order valence-corrected chi connectivity index (χ1v) is 10.4. The number of nitrogens with one attached hydrogen (secondary N) is 1. The summed E-state index contributed by atoms with van der Waals surface area (Å²) in [4.78, 5) is 19.6. The molecule has 0 saturated heterocycles. The number of halogens is 2. The van der Waals surface area contributed by atoms with Crippen molar-refractivity contribution in [1.29, 1.82) is 0 Å². The van der Waals surface area contributed by atoms with Gasteiger partial charge < -0.3 is 0 Å². The standard InChI is InChI=1S/C19H15Cl2N3O3S/c1-12(25)8-16-9-13(6-7-22-16)14-10-18(19(21)23-11-14)24-28(26,27)17-4-2-15(20)3-5-17/h2-7,9-11,24H,8H2,1H3. The number of pyridine rings is 2. The highest BCUT2D eigenvalue weighted by atomic mass is 35.5. The van der Waals surface area contributed by atoms with Crippen LogP contribution in [0.2, 0.25) is 10.2 Å². The Morgan fingerprint density at radius 2 is 1.75 bits per heavy atom. The normalized spacial score (nSPS) is 11.2. The molecule has 0 unspecified atom stereocenters. The number of hydrogen-bond donors (Lipinski definition) is 1. The summed E-state index contributed by atoms with van der Waals surface area (Å²) in [6, 6.07) is 10.8. The van der Waals surface area contributed by atoms with Gasteiger partial charge in [-0.3, -0.25) is 14.5 Å². The topological polar surface area (TPSA) is 89.0 Å². The lowest BCUT2D eigenvalue weighted by Gasteiger charge is -2.11. The molecule has 2 aromatic heterocycles. The largest absolute Gasteiger partial charge is 0.300 e. The van der Waals surface area contributed by atoms with Gasteiger partial charge in [-0.15, -0.1) is 0 Å². The molecule has 1 aromatic carbocycles. The maximum Gasteiger partial charge on any atom is 0.261 e. The van der Waals surface area contributed by atoms with Gasteiger partial charge in [0.2, 0.25) is 0 Å². The van der Waals surface area contributed by atoms with E-state index in [0.29, 0.717) is 16.3 Å². The highest BCUT2D eigenvalue weighted by Crippen LogP contribution is 2.29. The van der Waals surface area contributed by atoms with Crippen LogP contribution in [0.5, 0.6) is 0 Å². The molecule has 0 aliphatic carbocycles. The van der Waals surface area contributed by atoms with Crippen molar-refractivity contribution >= 4 is 44.7 Å². The van der Waals surface area contributed by atoms with Gasteiger partial charge in [0, 0.05) is 35.1 Å². The molecule has 1 N–H and O–H groups in total. The van der Waals surface area contributed by atoms with Crippen molar-refractivity contribution in [2.75, 3.05) is 4.72 Å². The van der Waals surface area contributed by atoms with E-state index in [1.54, 1.807) is 24.4 Å². The van der Waals surface area contributed by atoms with Crippen molar-refractivity contribution in [2.45, 2.75) is 18.2 Å². The number of sulfonamides is 1. The Labute approximate surface area is 172 Å². The van der Waals surface area contributed by atoms with Gasteiger partial charge in [-0.2, -0.15) is 0 Å². The maximum absolute atomic E-state index is 12.6. The van der Waals surface area contributed by atoms with Crippen molar-refractivity contribution in [2.24, 2.45) is 0 Å². The second-order valence-corrected chi connectivity index (χ2v) is 8.51. The smallest absolute Gasteiger partial charge is 0.261 e. The first kappa shape index (κ1) is 20.3. The molecule has 3 aromatic rings. The molecule has 0 radical (unpaired) electrons. The third-order valence-electron chi connectivity index (χ3n) is 3.79. The van der Waals surface area contributed by atoms with Gasteiger partial charge in [-0.05, 0) is 55.0 Å². The number of Topliss-reactive ketones (excluding diaryl/α,β-unsaturated/α-hetero) is 1. The number of benzene rings is 1. The van der Waals surface area contributed by atoms with Gasteiger partial charge in [-0.25, -0.2) is 13.4 Å². The molecule has 144 valence electrons. The zero-order chi connectivity index (χ0) is 20.3. The van der Waals surface area contributed by atoms with E-state index in [4.69, 9.17) is 23.2 Å². The molecular weight excluding hydrogens is 421 g/mol. The lowest BCUT2D eigenvalue weighted by Crippen LogP contribution is -2.13. The Morgan fingerprint density at radius 1 is 1.04 bits per heavy atom. The van der Waals surface area contributed by atoms with Gasteiger partial charge in [0.1, 0.15) is 5.78 Å². The summed E-state index contributed by atoms with van der Waals surface area (Å²) >= 11 is 11.9. The van der Waals surface area contributed by atoms with Crippen LogP contribution in [0.25, 0.3) is 11.1 Å². The summed E-state index contributed by atoms with van der Waals surface area (Å²) in [6.07, 6.45) is 3.32. The van der Waals surface area contributed by atoms with Crippen LogP contribution < -0.4 is 4.72 Å². The third-order valence-corrected chi connectivity index (χ3v) is 5.72. The number of ketones is 1. The van der Waals surface area contributed by atoms with E-state index < -0.39 is 10.0 Å². The predicted molar refractivity (Wildman–Crippen MR) is 109 cm³/mol. The Morgan fingerprint density at radius 3 is 2.43 bits per heavy atom. The summed E-state index contributed by atoms with van der Waals surface area (Å²) in [6.45, 7) is 1.49. The quantitative estimate of drug-likeness (QED) is 0.580. The molecule has 9 heteroatoms. The predicted octanol–water partition coefficient (Wildman–Crippen LogP) is 4.38. The monoisotopic (exact) mass is 435 g/mol. The van der Waals surface area contributed by atoms with Gasteiger partial charge in [-0.1, -0.05) is 23.2 Å². The van der Waals surface area contributed by atoms with Crippen molar-refractivity contribution in [1.82, 2.24) is 9.97 Å². The summed E-state index contributed by atoms with van der Waals surface area (Å²) in [7, 11) is -3.87. The average Bonchev–Trinajstić information content (AvgIpc) is 2.63. The first-order chi connectivity index (χ1) is 13.2. The number of nitrogens with zero attached hydrogens (tertiary/aromatic N) is 2. The Hall–Kier alpha value is -2.48. The number of hydrogen-bond acceptors (Lipinski definition) is 5. The van der Waals surface area contributed by atoms with Crippen LogP contribution in [-0.4, -0.2) is 24.2 Å². The van der Waals surface area contributed by atoms with E-state index in [-0.39, 0.29) is 27.9 Å². The Kier molecular flexibility index (Phi) is 5.98. The summed E-state index contributed by atoms with van der Waals surface area (Å²) < 4.78 is 27.6. The molecule has 28 heavy (non-hydrogen) atoms. The zero-order valence-corrected chi connectivity index (χ0v) is 17.0. The lowest BCUT2D eigenvalue weighted by molar-refractivity contribution is -0.116. The van der Waals surface area contributed by atoms with Gasteiger partial charge >= 0.3 is 0 Å². The molecule has 6 nitrogen and oxygen atoms in total. The van der Waals surface area contributed by atoms with Gasteiger partial charge in [0.15, 0.2) is 5.15 Å². The van der Waals surface area contributed by atoms with Crippen molar-refractivity contribution < 1.29 is 13.2 Å². The second-order valence-electron chi connectivity index (χ2n) is 6.04. The van der Waals surface area contributed by atoms with E-state index >= 15 is 0 Å². The van der Waals surface area contributed by atoms with Crippen molar-refractivity contribution in [3.63, 3.8) is 0 Å². The van der Waals surface area contributed by atoms with Crippen molar-refractivity contribution in [3.8, 4) is 11.1 Å². The fourth-order valence-corrected chi connectivity index (χ4v) is 3.89. The molecule has 0 atom stereocenters. The molecule has 0 spiro atoms. The highest BCUT2D eigenvalue weighted by Gasteiger charge is 2.17. The molecule has 0 saturated carbocycles. The van der Waals surface area contributed by atoms with Crippen LogP contribution in [0.15, 0.2) is 59.8 Å². The summed E-state index contributed by atoms with van der Waals surface area (Å²) in [5.41, 5.74) is 2.12. The molecule has 0 aliphatic rings. The minimum atomic E-state index is -3.87. The second kappa shape index (κ2) is 8.26. The van der Waals surface area contributed by atoms with Crippen LogP contribution in [-0.2, 0) is 21.2 Å². The Bertz CT molecular complexity index is 1130. The number of anilines is 1. The minimum absolute atomic E-state index is 0.00436. The van der Waals surface area contributed by atoms with Gasteiger partial charge in [0.25, 0.3) is 10.0 Å². The summed E-state index contributed by atoms with van der Waals surface area (Å²) in [5, 5.41) is 0.444. The molecule has 0 fully saturated rings. The third kappa shape index (κ3) is 4.86. The fourth-order valence-electron chi connectivity index (χ4n) is 2.50. The number of rotatable bonds is 6. The number of carbonyl (C=O) groups is 1. The van der Waals surface area contributed by atoms with E-state index in [2.05, 4.69) is 14.7 Å². The van der Waals surface area contributed by atoms with E-state index in [9.17, 15) is 13.2 Å². The van der Waals surface area contributed by atoms with Crippen LogP contribution >= 0.6 is 23.2 Å². The van der Waals surface area contributed by atoms with E-state index in [0.717, 1.165) is 5.56 Å². The van der Waals surface area contributed by atoms with E-state index in [1.165, 1.54) is 37.4 Å². The maximum atomic E-state index is 12.6. The molecule has 2 heterocycles.